The monoisotopic (exact) mass is 276 g/mol. The van der Waals surface area contributed by atoms with E-state index in [0.29, 0.717) is 12.1 Å². The summed E-state index contributed by atoms with van der Waals surface area (Å²) in [6.07, 6.45) is 2.30. The molecule has 0 aliphatic carbocycles. The van der Waals surface area contributed by atoms with Gasteiger partial charge in [-0.05, 0) is 37.8 Å². The Labute approximate surface area is 118 Å². The number of carboxylic acids is 1. The van der Waals surface area contributed by atoms with E-state index < -0.39 is 11.9 Å². The van der Waals surface area contributed by atoms with Crippen LogP contribution >= 0.6 is 0 Å². The first-order valence-electron chi connectivity index (χ1n) is 6.92. The van der Waals surface area contributed by atoms with Gasteiger partial charge in [-0.25, -0.2) is 4.98 Å². The SMILES string of the molecule is CCCc1noc2nc(C)c(CC(C)C(=O)O)c(C)c12. The summed E-state index contributed by atoms with van der Waals surface area (Å²) in [5.41, 5.74) is 4.33. The van der Waals surface area contributed by atoms with Crippen LogP contribution in [0.5, 0.6) is 0 Å². The Morgan fingerprint density at radius 3 is 2.70 bits per heavy atom. The number of hydrogen-bond acceptors (Lipinski definition) is 4. The highest BCUT2D eigenvalue weighted by atomic mass is 16.5. The summed E-state index contributed by atoms with van der Waals surface area (Å²) in [6, 6.07) is 0. The fraction of sp³-hybridized carbons (Fsp3) is 0.533. The van der Waals surface area contributed by atoms with Gasteiger partial charge in [0.05, 0.1) is 17.0 Å². The van der Waals surface area contributed by atoms with Gasteiger partial charge in [-0.3, -0.25) is 4.79 Å². The summed E-state index contributed by atoms with van der Waals surface area (Å²) in [6.45, 7) is 7.69. The molecule has 0 aliphatic rings. The lowest BCUT2D eigenvalue weighted by atomic mass is 9.94. The van der Waals surface area contributed by atoms with Crippen molar-refractivity contribution in [1.82, 2.24) is 10.1 Å². The lowest BCUT2D eigenvalue weighted by Gasteiger charge is -2.12. The number of aromatic nitrogens is 2. The minimum atomic E-state index is -0.789. The van der Waals surface area contributed by atoms with Crippen molar-refractivity contribution >= 4 is 17.1 Å². The van der Waals surface area contributed by atoms with Gasteiger partial charge in [0.25, 0.3) is 5.71 Å². The number of nitrogens with zero attached hydrogens (tertiary/aromatic N) is 2. The van der Waals surface area contributed by atoms with Crippen LogP contribution in [0.3, 0.4) is 0 Å². The Bertz CT molecular complexity index is 646. The summed E-state index contributed by atoms with van der Waals surface area (Å²) < 4.78 is 5.29. The fourth-order valence-electron chi connectivity index (χ4n) is 2.51. The number of carbonyl (C=O) groups is 1. The maximum absolute atomic E-state index is 11.1. The Morgan fingerprint density at radius 2 is 2.10 bits per heavy atom. The maximum atomic E-state index is 11.1. The molecular formula is C15H20N2O3. The number of aryl methyl sites for hydroxylation is 3. The largest absolute Gasteiger partial charge is 0.481 e. The van der Waals surface area contributed by atoms with E-state index in [9.17, 15) is 4.79 Å². The first-order valence-corrected chi connectivity index (χ1v) is 6.92. The van der Waals surface area contributed by atoms with Gasteiger partial charge in [0, 0.05) is 5.69 Å². The average Bonchev–Trinajstić information content (AvgIpc) is 2.77. The van der Waals surface area contributed by atoms with Crippen molar-refractivity contribution in [2.75, 3.05) is 0 Å². The Morgan fingerprint density at radius 1 is 1.40 bits per heavy atom. The van der Waals surface area contributed by atoms with E-state index in [-0.39, 0.29) is 0 Å². The Balaban J connectivity index is 2.54. The van der Waals surface area contributed by atoms with E-state index in [0.717, 1.165) is 40.7 Å². The summed E-state index contributed by atoms with van der Waals surface area (Å²) in [5, 5.41) is 14.1. The van der Waals surface area contributed by atoms with Gasteiger partial charge in [-0.2, -0.15) is 0 Å². The molecule has 5 nitrogen and oxygen atoms in total. The van der Waals surface area contributed by atoms with Crippen molar-refractivity contribution in [1.29, 1.82) is 0 Å². The summed E-state index contributed by atoms with van der Waals surface area (Å²) >= 11 is 0. The molecular weight excluding hydrogens is 256 g/mol. The Kier molecular flexibility index (Phi) is 4.06. The van der Waals surface area contributed by atoms with Crippen LogP contribution in [0.1, 0.15) is 42.8 Å². The van der Waals surface area contributed by atoms with Crippen molar-refractivity contribution in [3.8, 4) is 0 Å². The molecule has 0 aliphatic heterocycles. The van der Waals surface area contributed by atoms with Gasteiger partial charge in [0.2, 0.25) is 0 Å². The zero-order valence-electron chi connectivity index (χ0n) is 12.4. The molecule has 0 saturated carbocycles. The van der Waals surface area contributed by atoms with Gasteiger partial charge in [-0.15, -0.1) is 0 Å². The van der Waals surface area contributed by atoms with Crippen LogP contribution in [0.2, 0.25) is 0 Å². The minimum Gasteiger partial charge on any atom is -0.481 e. The van der Waals surface area contributed by atoms with Crippen LogP contribution in [-0.2, 0) is 17.6 Å². The molecule has 108 valence electrons. The van der Waals surface area contributed by atoms with Gasteiger partial charge in [-0.1, -0.05) is 25.4 Å². The van der Waals surface area contributed by atoms with Crippen LogP contribution in [0.15, 0.2) is 4.52 Å². The van der Waals surface area contributed by atoms with Crippen molar-refractivity contribution < 1.29 is 14.4 Å². The van der Waals surface area contributed by atoms with Crippen LogP contribution in [-0.4, -0.2) is 21.2 Å². The molecule has 0 saturated heterocycles. The highest BCUT2D eigenvalue weighted by Crippen LogP contribution is 2.28. The third-order valence-electron chi connectivity index (χ3n) is 3.70. The lowest BCUT2D eigenvalue weighted by molar-refractivity contribution is -0.141. The lowest BCUT2D eigenvalue weighted by Crippen LogP contribution is -2.14. The van der Waals surface area contributed by atoms with E-state index in [1.165, 1.54) is 0 Å². The number of pyridine rings is 1. The van der Waals surface area contributed by atoms with Gasteiger partial charge in [0.1, 0.15) is 0 Å². The summed E-state index contributed by atoms with van der Waals surface area (Å²) in [7, 11) is 0. The molecule has 0 aromatic carbocycles. The first kappa shape index (κ1) is 14.5. The zero-order valence-corrected chi connectivity index (χ0v) is 12.4. The second-order valence-corrected chi connectivity index (χ2v) is 5.30. The quantitative estimate of drug-likeness (QED) is 0.908. The van der Waals surface area contributed by atoms with Crippen LogP contribution in [0.4, 0.5) is 0 Å². The third-order valence-corrected chi connectivity index (χ3v) is 3.70. The van der Waals surface area contributed by atoms with Gasteiger partial charge >= 0.3 is 5.97 Å². The van der Waals surface area contributed by atoms with Crippen LogP contribution in [0, 0.1) is 19.8 Å². The molecule has 0 bridgehead atoms. The molecule has 0 amide bonds. The van der Waals surface area contributed by atoms with Crippen molar-refractivity contribution in [2.45, 2.75) is 47.0 Å². The normalized spacial score (nSPS) is 12.8. The molecule has 0 fully saturated rings. The fourth-order valence-corrected chi connectivity index (χ4v) is 2.51. The number of carboxylic acid groups (broad SMARTS) is 1. The molecule has 2 aromatic heterocycles. The smallest absolute Gasteiger partial charge is 0.306 e. The topological polar surface area (TPSA) is 76.2 Å². The van der Waals surface area contributed by atoms with Crippen molar-refractivity contribution in [2.24, 2.45) is 5.92 Å². The van der Waals surface area contributed by atoms with Crippen LogP contribution < -0.4 is 0 Å². The molecule has 0 spiro atoms. The first-order chi connectivity index (χ1) is 9.45. The highest BCUT2D eigenvalue weighted by Gasteiger charge is 2.20. The predicted molar refractivity (Wildman–Crippen MR) is 75.8 cm³/mol. The molecule has 2 rings (SSSR count). The highest BCUT2D eigenvalue weighted by molar-refractivity contribution is 5.82. The van der Waals surface area contributed by atoms with E-state index in [4.69, 9.17) is 9.63 Å². The molecule has 20 heavy (non-hydrogen) atoms. The molecule has 0 radical (unpaired) electrons. The second-order valence-electron chi connectivity index (χ2n) is 5.30. The van der Waals surface area contributed by atoms with E-state index in [2.05, 4.69) is 17.1 Å². The standard InChI is InChI=1S/C15H20N2O3/c1-5-6-12-13-9(3)11(7-8(2)15(18)19)10(4)16-14(13)20-17-12/h8H,5-7H2,1-4H3,(H,18,19). The molecule has 1 atom stereocenters. The number of hydrogen-bond donors (Lipinski definition) is 1. The van der Waals surface area contributed by atoms with Crippen molar-refractivity contribution in [3.05, 3.63) is 22.5 Å². The minimum absolute atomic E-state index is 0.430. The van der Waals surface area contributed by atoms with E-state index >= 15 is 0 Å². The number of fused-ring (bicyclic) bond motifs is 1. The molecule has 1 N–H and O–H groups in total. The van der Waals surface area contributed by atoms with Crippen molar-refractivity contribution in [3.63, 3.8) is 0 Å². The summed E-state index contributed by atoms with van der Waals surface area (Å²) in [5.74, 6) is -1.22. The molecule has 2 heterocycles. The number of rotatable bonds is 5. The van der Waals surface area contributed by atoms with E-state index in [1.807, 2.05) is 13.8 Å². The van der Waals surface area contributed by atoms with Crippen LogP contribution in [0.25, 0.3) is 11.1 Å². The third kappa shape index (κ3) is 2.53. The van der Waals surface area contributed by atoms with E-state index in [1.54, 1.807) is 6.92 Å². The Hall–Kier alpha value is -1.91. The molecule has 2 aromatic rings. The predicted octanol–water partition coefficient (Wildman–Crippen LogP) is 3.06. The second kappa shape index (κ2) is 5.61. The van der Waals surface area contributed by atoms with Gasteiger partial charge < -0.3 is 9.63 Å². The summed E-state index contributed by atoms with van der Waals surface area (Å²) in [4.78, 5) is 15.5. The molecule has 5 heteroatoms. The number of aliphatic carboxylic acids is 1. The average molecular weight is 276 g/mol. The molecule has 1 unspecified atom stereocenters. The zero-order chi connectivity index (χ0) is 14.9. The maximum Gasteiger partial charge on any atom is 0.306 e. The van der Waals surface area contributed by atoms with Gasteiger partial charge in [0.15, 0.2) is 0 Å².